The number of pyridine rings is 1. The highest BCUT2D eigenvalue weighted by Crippen LogP contribution is 2.32. The van der Waals surface area contributed by atoms with Crippen molar-refractivity contribution in [3.05, 3.63) is 82.5 Å². The third-order valence-electron chi connectivity index (χ3n) is 6.78. The van der Waals surface area contributed by atoms with E-state index in [4.69, 9.17) is 4.98 Å². The minimum absolute atomic E-state index is 0.0472. The molecule has 10 heteroatoms. The number of hydrogen-bond donors (Lipinski definition) is 1. The van der Waals surface area contributed by atoms with Crippen molar-refractivity contribution in [2.75, 3.05) is 11.5 Å². The van der Waals surface area contributed by atoms with Gasteiger partial charge in [0.15, 0.2) is 15.5 Å². The van der Waals surface area contributed by atoms with Crippen LogP contribution in [-0.4, -0.2) is 40.6 Å². The molecule has 0 radical (unpaired) electrons. The predicted molar refractivity (Wildman–Crippen MR) is 137 cm³/mol. The van der Waals surface area contributed by atoms with E-state index in [1.807, 2.05) is 24.3 Å². The highest BCUT2D eigenvalue weighted by Gasteiger charge is 2.32. The molecule has 37 heavy (non-hydrogen) atoms. The molecule has 1 atom stereocenters. The summed E-state index contributed by atoms with van der Waals surface area (Å²) < 4.78 is 54.2. The Hall–Kier alpha value is -3.66. The van der Waals surface area contributed by atoms with Crippen molar-refractivity contribution in [1.29, 1.82) is 0 Å². The molecule has 2 aromatic carbocycles. The molecule has 1 unspecified atom stereocenters. The van der Waals surface area contributed by atoms with Crippen LogP contribution in [0.1, 0.15) is 46.6 Å². The standard InChI is InChI=1S/C27H26F2N4O3S/c1-3-17-7-9-18(10-8-17)24-13-20(27(34)30-14-21-22(28)5-4-6-23(21)29)25-16(2)32-33(26(25)31-24)19-11-12-37(35,36)15-19/h4-10,13,19H,3,11-12,14-15H2,1-2H3,(H,30,34). The van der Waals surface area contributed by atoms with Crippen molar-refractivity contribution >= 4 is 26.8 Å². The van der Waals surface area contributed by atoms with E-state index in [2.05, 4.69) is 17.3 Å². The summed E-state index contributed by atoms with van der Waals surface area (Å²) in [5.41, 5.74) is 3.37. The quantitative estimate of drug-likeness (QED) is 0.400. The lowest BCUT2D eigenvalue weighted by Crippen LogP contribution is -2.24. The van der Waals surface area contributed by atoms with Gasteiger partial charge in [-0.25, -0.2) is 26.9 Å². The van der Waals surface area contributed by atoms with Crippen LogP contribution in [0.2, 0.25) is 0 Å². The van der Waals surface area contributed by atoms with Crippen LogP contribution in [0.4, 0.5) is 8.78 Å². The van der Waals surface area contributed by atoms with Gasteiger partial charge >= 0.3 is 0 Å². The number of aromatic nitrogens is 3. The molecule has 2 aromatic heterocycles. The van der Waals surface area contributed by atoms with Gasteiger partial charge in [0, 0.05) is 17.7 Å². The first-order valence-corrected chi connectivity index (χ1v) is 13.9. The number of sulfone groups is 1. The van der Waals surface area contributed by atoms with E-state index < -0.39 is 33.4 Å². The number of carbonyl (C=O) groups is 1. The molecule has 1 aliphatic rings. The monoisotopic (exact) mass is 524 g/mol. The summed E-state index contributed by atoms with van der Waals surface area (Å²) in [6.45, 7) is 3.44. The second-order valence-corrected chi connectivity index (χ2v) is 11.5. The first kappa shape index (κ1) is 25.0. The third-order valence-corrected chi connectivity index (χ3v) is 8.53. The lowest BCUT2D eigenvalue weighted by Gasteiger charge is -2.13. The Kier molecular flexibility index (Phi) is 6.53. The Labute approximate surface area is 213 Å². The van der Waals surface area contributed by atoms with Crippen molar-refractivity contribution < 1.29 is 22.0 Å². The second kappa shape index (κ2) is 9.66. The van der Waals surface area contributed by atoms with Gasteiger partial charge in [-0.1, -0.05) is 37.3 Å². The van der Waals surface area contributed by atoms with Gasteiger partial charge in [-0.3, -0.25) is 4.79 Å². The van der Waals surface area contributed by atoms with Crippen LogP contribution in [0.3, 0.4) is 0 Å². The molecule has 192 valence electrons. The maximum atomic E-state index is 14.1. The molecule has 0 aliphatic carbocycles. The van der Waals surface area contributed by atoms with E-state index in [0.717, 1.165) is 29.7 Å². The summed E-state index contributed by atoms with van der Waals surface area (Å²) >= 11 is 0. The summed E-state index contributed by atoms with van der Waals surface area (Å²) in [6.07, 6.45) is 1.28. The minimum atomic E-state index is -3.19. The van der Waals surface area contributed by atoms with Crippen molar-refractivity contribution in [3.8, 4) is 11.3 Å². The van der Waals surface area contributed by atoms with Gasteiger partial charge in [0.05, 0.1) is 39.9 Å². The summed E-state index contributed by atoms with van der Waals surface area (Å²) in [7, 11) is -3.19. The van der Waals surface area contributed by atoms with Gasteiger partial charge in [0.25, 0.3) is 5.91 Å². The number of nitrogens with one attached hydrogen (secondary N) is 1. The molecular formula is C27H26F2N4O3S. The molecule has 0 bridgehead atoms. The van der Waals surface area contributed by atoms with Gasteiger partial charge in [-0.05, 0) is 43.5 Å². The SMILES string of the molecule is CCc1ccc(-c2cc(C(=O)NCc3c(F)cccc3F)c3c(C)nn(C4CCS(=O)(=O)C4)c3n2)cc1. The third kappa shape index (κ3) is 4.85. The van der Waals surface area contributed by atoms with E-state index in [0.29, 0.717) is 28.8 Å². The summed E-state index contributed by atoms with van der Waals surface area (Å²) in [6, 6.07) is 12.6. The first-order valence-electron chi connectivity index (χ1n) is 12.1. The van der Waals surface area contributed by atoms with Crippen LogP contribution in [0.15, 0.2) is 48.5 Å². The van der Waals surface area contributed by atoms with Gasteiger partial charge in [0.2, 0.25) is 0 Å². The Morgan fingerprint density at radius 3 is 2.46 bits per heavy atom. The van der Waals surface area contributed by atoms with E-state index >= 15 is 0 Å². The smallest absolute Gasteiger partial charge is 0.252 e. The number of aryl methyl sites for hydroxylation is 2. The number of nitrogens with zero attached hydrogens (tertiary/aromatic N) is 3. The van der Waals surface area contributed by atoms with Crippen LogP contribution in [0.5, 0.6) is 0 Å². The Morgan fingerprint density at radius 2 is 1.84 bits per heavy atom. The van der Waals surface area contributed by atoms with E-state index in [9.17, 15) is 22.0 Å². The van der Waals surface area contributed by atoms with E-state index in [-0.39, 0.29) is 29.2 Å². The molecule has 0 spiro atoms. The zero-order valence-electron chi connectivity index (χ0n) is 20.5. The van der Waals surface area contributed by atoms with Gasteiger partial charge in [-0.15, -0.1) is 0 Å². The Morgan fingerprint density at radius 1 is 1.14 bits per heavy atom. The molecule has 1 N–H and O–H groups in total. The summed E-state index contributed by atoms with van der Waals surface area (Å²) in [4.78, 5) is 18.2. The highest BCUT2D eigenvalue weighted by molar-refractivity contribution is 7.91. The van der Waals surface area contributed by atoms with Crippen molar-refractivity contribution in [3.63, 3.8) is 0 Å². The molecule has 4 aromatic rings. The fourth-order valence-corrected chi connectivity index (χ4v) is 6.43. The predicted octanol–water partition coefficient (Wildman–Crippen LogP) is 4.54. The number of halogens is 2. The van der Waals surface area contributed by atoms with Crippen LogP contribution in [0, 0.1) is 18.6 Å². The highest BCUT2D eigenvalue weighted by atomic mass is 32.2. The fourth-order valence-electron chi connectivity index (χ4n) is 4.74. The zero-order chi connectivity index (χ0) is 26.3. The lowest BCUT2D eigenvalue weighted by atomic mass is 10.0. The zero-order valence-corrected chi connectivity index (χ0v) is 21.3. The lowest BCUT2D eigenvalue weighted by molar-refractivity contribution is 0.0952. The number of hydrogen-bond acceptors (Lipinski definition) is 5. The molecule has 1 amide bonds. The van der Waals surface area contributed by atoms with Crippen LogP contribution in [0.25, 0.3) is 22.3 Å². The van der Waals surface area contributed by atoms with Crippen molar-refractivity contribution in [1.82, 2.24) is 20.1 Å². The first-order chi connectivity index (χ1) is 17.7. The van der Waals surface area contributed by atoms with Crippen LogP contribution >= 0.6 is 0 Å². The van der Waals surface area contributed by atoms with Gasteiger partial charge in [0.1, 0.15) is 11.6 Å². The van der Waals surface area contributed by atoms with Gasteiger partial charge < -0.3 is 5.32 Å². The Bertz CT molecular complexity index is 1590. The van der Waals surface area contributed by atoms with Crippen LogP contribution in [-0.2, 0) is 22.8 Å². The van der Waals surface area contributed by atoms with Gasteiger partial charge in [-0.2, -0.15) is 5.10 Å². The average Bonchev–Trinajstić information content (AvgIpc) is 3.41. The number of benzene rings is 2. The second-order valence-electron chi connectivity index (χ2n) is 9.27. The average molecular weight is 525 g/mol. The summed E-state index contributed by atoms with van der Waals surface area (Å²) in [5.74, 6) is -2.01. The number of rotatable bonds is 6. The van der Waals surface area contributed by atoms with Crippen molar-refractivity contribution in [2.45, 2.75) is 39.3 Å². The molecule has 1 fully saturated rings. The molecule has 5 rings (SSSR count). The number of amides is 1. The molecular weight excluding hydrogens is 498 g/mol. The molecule has 0 saturated carbocycles. The van der Waals surface area contributed by atoms with Crippen molar-refractivity contribution in [2.24, 2.45) is 0 Å². The largest absolute Gasteiger partial charge is 0.348 e. The molecule has 3 heterocycles. The summed E-state index contributed by atoms with van der Waals surface area (Å²) in [5, 5.41) is 7.68. The van der Waals surface area contributed by atoms with E-state index in [1.54, 1.807) is 17.7 Å². The molecule has 1 aliphatic heterocycles. The number of fused-ring (bicyclic) bond motifs is 1. The van der Waals surface area contributed by atoms with Crippen LogP contribution < -0.4 is 5.32 Å². The number of carbonyl (C=O) groups excluding carboxylic acids is 1. The molecule has 7 nitrogen and oxygen atoms in total. The topological polar surface area (TPSA) is 94.0 Å². The van der Waals surface area contributed by atoms with E-state index in [1.165, 1.54) is 6.07 Å². The minimum Gasteiger partial charge on any atom is -0.348 e. The molecule has 1 saturated heterocycles. The fraction of sp³-hybridized carbons (Fsp3) is 0.296. The maximum absolute atomic E-state index is 14.1. The normalized spacial score (nSPS) is 16.8. The Balaban J connectivity index is 1.61. The maximum Gasteiger partial charge on any atom is 0.252 e.